The number of hydrogen-bond acceptors (Lipinski definition) is 8. The summed E-state index contributed by atoms with van der Waals surface area (Å²) in [5.41, 5.74) is 0.913. The highest BCUT2D eigenvalue weighted by atomic mass is 32.1. The van der Waals surface area contributed by atoms with Gasteiger partial charge < -0.3 is 15.4 Å². The van der Waals surface area contributed by atoms with E-state index in [1.165, 1.54) is 23.7 Å². The van der Waals surface area contributed by atoms with Gasteiger partial charge in [-0.1, -0.05) is 0 Å². The summed E-state index contributed by atoms with van der Waals surface area (Å²) in [5, 5.41) is 17.6. The predicted octanol–water partition coefficient (Wildman–Crippen LogP) is 2.68. The Hall–Kier alpha value is -2.26. The molecule has 1 aromatic carbocycles. The van der Waals surface area contributed by atoms with Gasteiger partial charge in [0.15, 0.2) is 5.82 Å². The van der Waals surface area contributed by atoms with Gasteiger partial charge in [0.05, 0.1) is 4.92 Å². The Labute approximate surface area is 131 Å². The first kappa shape index (κ1) is 16.1. The number of non-ortho nitro benzene ring substituents is 1. The van der Waals surface area contributed by atoms with Crippen molar-refractivity contribution in [3.63, 3.8) is 0 Å². The predicted molar refractivity (Wildman–Crippen MR) is 85.4 cm³/mol. The molecule has 118 valence electrons. The minimum Gasteiger partial charge on any atom is -0.383 e. The zero-order valence-electron chi connectivity index (χ0n) is 12.3. The first-order valence-corrected chi connectivity index (χ1v) is 7.46. The van der Waals surface area contributed by atoms with Crippen LogP contribution in [0.1, 0.15) is 18.9 Å². The summed E-state index contributed by atoms with van der Waals surface area (Å²) >= 11 is 1.29. The molecule has 1 heterocycles. The van der Waals surface area contributed by atoms with Crippen molar-refractivity contribution in [1.29, 1.82) is 0 Å². The number of ether oxygens (including phenoxy) is 1. The Morgan fingerprint density at radius 3 is 2.64 bits per heavy atom. The van der Waals surface area contributed by atoms with Crippen molar-refractivity contribution in [3.8, 4) is 0 Å². The number of methoxy groups -OCH3 is 1. The van der Waals surface area contributed by atoms with E-state index in [1.807, 2.05) is 6.92 Å². The van der Waals surface area contributed by atoms with E-state index in [0.717, 1.165) is 10.8 Å². The van der Waals surface area contributed by atoms with Crippen molar-refractivity contribution in [2.75, 3.05) is 30.8 Å². The number of aromatic nitrogens is 2. The molecule has 0 aliphatic carbocycles. The van der Waals surface area contributed by atoms with Gasteiger partial charge in [-0.05, 0) is 19.1 Å². The lowest BCUT2D eigenvalue weighted by Gasteiger charge is -2.06. The molecule has 0 unspecified atom stereocenters. The molecule has 8 nitrogen and oxygen atoms in total. The van der Waals surface area contributed by atoms with Crippen LogP contribution in [0.4, 0.5) is 16.5 Å². The summed E-state index contributed by atoms with van der Waals surface area (Å²) < 4.78 is 9.36. The molecule has 2 rings (SSSR count). The second-order valence-corrected chi connectivity index (χ2v) is 5.25. The monoisotopic (exact) mass is 323 g/mol. The van der Waals surface area contributed by atoms with Gasteiger partial charge in [-0.2, -0.15) is 4.37 Å². The largest absolute Gasteiger partial charge is 0.383 e. The van der Waals surface area contributed by atoms with Gasteiger partial charge in [0, 0.05) is 49.6 Å². The lowest BCUT2D eigenvalue weighted by atomic mass is 10.3. The number of benzene rings is 1. The van der Waals surface area contributed by atoms with Crippen molar-refractivity contribution in [2.45, 2.75) is 13.0 Å². The molecule has 0 aliphatic rings. The van der Waals surface area contributed by atoms with E-state index < -0.39 is 4.92 Å². The highest BCUT2D eigenvalue weighted by Crippen LogP contribution is 2.18. The van der Waals surface area contributed by atoms with Crippen LogP contribution in [0.3, 0.4) is 0 Å². The summed E-state index contributed by atoms with van der Waals surface area (Å²) in [4.78, 5) is 14.5. The number of nitrogens with one attached hydrogen (secondary N) is 2. The van der Waals surface area contributed by atoms with Crippen molar-refractivity contribution in [2.24, 2.45) is 0 Å². The van der Waals surface area contributed by atoms with Crippen LogP contribution < -0.4 is 10.6 Å². The van der Waals surface area contributed by atoms with Gasteiger partial charge in [0.2, 0.25) is 5.13 Å². The lowest BCUT2D eigenvalue weighted by molar-refractivity contribution is -0.384. The maximum Gasteiger partial charge on any atom is 0.269 e. The summed E-state index contributed by atoms with van der Waals surface area (Å²) in [6, 6.07) is 6.31. The zero-order valence-corrected chi connectivity index (χ0v) is 13.1. The average Bonchev–Trinajstić information content (AvgIpc) is 3.00. The third kappa shape index (κ3) is 4.37. The van der Waals surface area contributed by atoms with Crippen LogP contribution in [0.15, 0.2) is 24.3 Å². The number of nitrogens with zero attached hydrogens (tertiary/aromatic N) is 3. The minimum atomic E-state index is -0.417. The first-order chi connectivity index (χ1) is 10.6. The van der Waals surface area contributed by atoms with E-state index in [0.29, 0.717) is 18.9 Å². The number of nitro groups is 1. The van der Waals surface area contributed by atoms with Crippen LogP contribution in [0.2, 0.25) is 0 Å². The minimum absolute atomic E-state index is 0.0809. The molecule has 2 aromatic rings. The van der Waals surface area contributed by atoms with Crippen molar-refractivity contribution < 1.29 is 9.66 Å². The van der Waals surface area contributed by atoms with E-state index in [-0.39, 0.29) is 11.8 Å². The molecule has 0 amide bonds. The van der Waals surface area contributed by atoms with Crippen LogP contribution in [0, 0.1) is 10.1 Å². The quantitative estimate of drug-likeness (QED) is 0.437. The normalized spacial score (nSPS) is 11.9. The van der Waals surface area contributed by atoms with Crippen molar-refractivity contribution in [1.82, 2.24) is 9.36 Å². The summed E-state index contributed by atoms with van der Waals surface area (Å²) in [7, 11) is 1.62. The Balaban J connectivity index is 1.75. The van der Waals surface area contributed by atoms with Gasteiger partial charge in [0.25, 0.3) is 5.69 Å². The van der Waals surface area contributed by atoms with Crippen LogP contribution in [0.5, 0.6) is 0 Å². The highest BCUT2D eigenvalue weighted by molar-refractivity contribution is 7.09. The van der Waals surface area contributed by atoms with E-state index in [1.54, 1.807) is 19.2 Å². The maximum absolute atomic E-state index is 10.6. The second kappa shape index (κ2) is 7.66. The fourth-order valence-electron chi connectivity index (χ4n) is 1.65. The van der Waals surface area contributed by atoms with Crippen molar-refractivity contribution in [3.05, 3.63) is 40.2 Å². The second-order valence-electron chi connectivity index (χ2n) is 4.49. The van der Waals surface area contributed by atoms with E-state index in [2.05, 4.69) is 20.0 Å². The Bertz CT molecular complexity index is 616. The first-order valence-electron chi connectivity index (χ1n) is 6.68. The topological polar surface area (TPSA) is 102 Å². The van der Waals surface area contributed by atoms with E-state index >= 15 is 0 Å². The lowest BCUT2D eigenvalue weighted by Crippen LogP contribution is -2.13. The smallest absolute Gasteiger partial charge is 0.269 e. The summed E-state index contributed by atoms with van der Waals surface area (Å²) in [6.45, 7) is 3.21. The van der Waals surface area contributed by atoms with Crippen LogP contribution in [0.25, 0.3) is 0 Å². The molecule has 1 atom stereocenters. The number of nitro benzene ring substituents is 1. The van der Waals surface area contributed by atoms with E-state index in [9.17, 15) is 10.1 Å². The number of rotatable bonds is 8. The molecule has 9 heteroatoms. The highest BCUT2D eigenvalue weighted by Gasteiger charge is 2.10. The fraction of sp³-hybridized carbons (Fsp3) is 0.385. The fourth-order valence-corrected chi connectivity index (χ4v) is 2.32. The molecule has 1 aromatic heterocycles. The average molecular weight is 323 g/mol. The van der Waals surface area contributed by atoms with Gasteiger partial charge in [-0.3, -0.25) is 10.1 Å². The van der Waals surface area contributed by atoms with Gasteiger partial charge in [0.1, 0.15) is 6.10 Å². The Kier molecular flexibility index (Phi) is 5.61. The SMILES string of the molecule is CO[C@H](C)c1nsc(NCCNc2ccc([N+](=O)[O-])cc2)n1. The molecule has 0 saturated carbocycles. The molecular formula is C13H17N5O3S. The molecule has 0 bridgehead atoms. The van der Waals surface area contributed by atoms with E-state index in [4.69, 9.17) is 4.74 Å². The summed E-state index contributed by atoms with van der Waals surface area (Å²) in [5.74, 6) is 0.665. The van der Waals surface area contributed by atoms with Gasteiger partial charge in [-0.15, -0.1) is 0 Å². The third-order valence-corrected chi connectivity index (χ3v) is 3.65. The molecule has 0 radical (unpaired) electrons. The van der Waals surface area contributed by atoms with Crippen LogP contribution in [-0.2, 0) is 4.74 Å². The Morgan fingerprint density at radius 1 is 1.32 bits per heavy atom. The van der Waals surface area contributed by atoms with Crippen LogP contribution >= 0.6 is 11.5 Å². The molecule has 22 heavy (non-hydrogen) atoms. The third-order valence-electron chi connectivity index (χ3n) is 2.97. The molecule has 0 aliphatic heterocycles. The standard InChI is InChI=1S/C13H17N5O3S/c1-9(21-2)12-16-13(22-17-12)15-8-7-14-10-3-5-11(6-4-10)18(19)20/h3-6,9,14H,7-8H2,1-2H3,(H,15,16,17)/t9-/m1/s1. The van der Waals surface area contributed by atoms with Crippen LogP contribution in [-0.4, -0.2) is 34.5 Å². The Morgan fingerprint density at radius 2 is 2.00 bits per heavy atom. The maximum atomic E-state index is 10.6. The zero-order chi connectivity index (χ0) is 15.9. The van der Waals surface area contributed by atoms with Gasteiger partial charge in [-0.25, -0.2) is 4.98 Å². The molecule has 0 saturated heterocycles. The molecule has 0 spiro atoms. The van der Waals surface area contributed by atoms with Gasteiger partial charge >= 0.3 is 0 Å². The number of hydrogen-bond donors (Lipinski definition) is 2. The molecule has 0 fully saturated rings. The number of anilines is 2. The summed E-state index contributed by atoms with van der Waals surface area (Å²) in [6.07, 6.45) is -0.120. The molecule has 2 N–H and O–H groups in total. The van der Waals surface area contributed by atoms with Crippen molar-refractivity contribution >= 4 is 28.0 Å². The molecular weight excluding hydrogens is 306 g/mol.